The molecule has 102 valence electrons. The van der Waals surface area contributed by atoms with Gasteiger partial charge in [-0.3, -0.25) is 0 Å². The quantitative estimate of drug-likeness (QED) is 0.755. The van der Waals surface area contributed by atoms with Gasteiger partial charge in [0.2, 0.25) is 0 Å². The van der Waals surface area contributed by atoms with Crippen LogP contribution >= 0.6 is 11.8 Å². The van der Waals surface area contributed by atoms with E-state index in [2.05, 4.69) is 5.32 Å². The second-order valence-electron chi connectivity index (χ2n) is 4.04. The van der Waals surface area contributed by atoms with E-state index in [0.29, 0.717) is 6.54 Å². The van der Waals surface area contributed by atoms with Gasteiger partial charge in [0, 0.05) is 0 Å². The van der Waals surface area contributed by atoms with E-state index in [9.17, 15) is 13.2 Å². The second kappa shape index (κ2) is 7.69. The number of thioether (sulfide) groups is 1. The molecule has 0 amide bonds. The summed E-state index contributed by atoms with van der Waals surface area (Å²) in [5, 5.41) is 2.60. The molecular weight excluding hydrogens is 259 g/mol. The molecule has 0 aliphatic heterocycles. The number of halogens is 3. The predicted octanol–water partition coefficient (Wildman–Crippen LogP) is 4.02. The third-order valence-corrected chi connectivity index (χ3v) is 3.28. The minimum absolute atomic E-state index is 0.273. The van der Waals surface area contributed by atoms with Crippen LogP contribution in [0.15, 0.2) is 30.3 Å². The first-order valence-corrected chi connectivity index (χ1v) is 7.29. The van der Waals surface area contributed by atoms with Crippen LogP contribution in [0.25, 0.3) is 0 Å². The number of benzene rings is 1. The number of alkyl halides is 3. The van der Waals surface area contributed by atoms with Crippen LogP contribution in [0.4, 0.5) is 13.2 Å². The van der Waals surface area contributed by atoms with Gasteiger partial charge in [-0.25, -0.2) is 0 Å². The van der Waals surface area contributed by atoms with Crippen molar-refractivity contribution in [3.05, 3.63) is 35.9 Å². The van der Waals surface area contributed by atoms with Gasteiger partial charge in [0.1, 0.15) is 6.04 Å². The zero-order valence-electron chi connectivity index (χ0n) is 10.3. The summed E-state index contributed by atoms with van der Waals surface area (Å²) >= 11 is 1.71. The molecule has 1 aromatic carbocycles. The van der Waals surface area contributed by atoms with Crippen molar-refractivity contribution in [2.45, 2.75) is 25.1 Å². The molecule has 0 aliphatic rings. The molecule has 0 saturated carbocycles. The van der Waals surface area contributed by atoms with E-state index in [1.54, 1.807) is 30.0 Å². The van der Waals surface area contributed by atoms with Crippen LogP contribution in [0.2, 0.25) is 0 Å². The zero-order valence-corrected chi connectivity index (χ0v) is 11.2. The Balaban J connectivity index is 2.53. The SMILES string of the molecule is CSCCCCNC(c1ccccc1)C(F)(F)F. The molecule has 0 saturated heterocycles. The Morgan fingerprint density at radius 3 is 2.39 bits per heavy atom. The molecule has 1 N–H and O–H groups in total. The first-order chi connectivity index (χ1) is 8.55. The molecular formula is C13H18F3NS. The molecule has 0 bridgehead atoms. The molecule has 18 heavy (non-hydrogen) atoms. The Morgan fingerprint density at radius 1 is 1.17 bits per heavy atom. The average molecular weight is 277 g/mol. The molecule has 0 radical (unpaired) electrons. The van der Waals surface area contributed by atoms with Gasteiger partial charge >= 0.3 is 6.18 Å². The van der Waals surface area contributed by atoms with Crippen molar-refractivity contribution in [1.29, 1.82) is 0 Å². The predicted molar refractivity (Wildman–Crippen MR) is 70.9 cm³/mol. The topological polar surface area (TPSA) is 12.0 Å². The van der Waals surface area contributed by atoms with Crippen LogP contribution in [0.3, 0.4) is 0 Å². The van der Waals surface area contributed by atoms with E-state index in [4.69, 9.17) is 0 Å². The normalized spacial score (nSPS) is 13.6. The van der Waals surface area contributed by atoms with Gasteiger partial charge in [0.05, 0.1) is 0 Å². The van der Waals surface area contributed by atoms with E-state index >= 15 is 0 Å². The van der Waals surface area contributed by atoms with Crippen LogP contribution in [0, 0.1) is 0 Å². The third-order valence-electron chi connectivity index (χ3n) is 2.58. The zero-order chi connectivity index (χ0) is 13.4. The number of hydrogen-bond acceptors (Lipinski definition) is 2. The first-order valence-electron chi connectivity index (χ1n) is 5.89. The fourth-order valence-electron chi connectivity index (χ4n) is 1.69. The highest BCUT2D eigenvalue weighted by molar-refractivity contribution is 7.98. The maximum Gasteiger partial charge on any atom is 0.407 e. The molecule has 1 unspecified atom stereocenters. The Hall–Kier alpha value is -0.680. The summed E-state index contributed by atoms with van der Waals surface area (Å²) in [5.41, 5.74) is 0.273. The van der Waals surface area contributed by atoms with Crippen molar-refractivity contribution in [3.8, 4) is 0 Å². The first kappa shape index (κ1) is 15.4. The monoisotopic (exact) mass is 277 g/mol. The smallest absolute Gasteiger partial charge is 0.302 e. The molecule has 0 fully saturated rings. The molecule has 1 atom stereocenters. The van der Waals surface area contributed by atoms with Gasteiger partial charge in [-0.1, -0.05) is 30.3 Å². The van der Waals surface area contributed by atoms with Gasteiger partial charge in [0.15, 0.2) is 0 Å². The Bertz CT molecular complexity index is 327. The molecule has 1 rings (SSSR count). The molecule has 5 heteroatoms. The minimum atomic E-state index is -4.25. The number of unbranched alkanes of at least 4 members (excludes halogenated alkanes) is 1. The van der Waals surface area contributed by atoms with Crippen molar-refractivity contribution in [2.24, 2.45) is 0 Å². The highest BCUT2D eigenvalue weighted by Gasteiger charge is 2.40. The van der Waals surface area contributed by atoms with E-state index in [0.717, 1.165) is 18.6 Å². The number of rotatable bonds is 7. The summed E-state index contributed by atoms with van der Waals surface area (Å²) in [5.74, 6) is 0.990. The van der Waals surface area contributed by atoms with E-state index < -0.39 is 12.2 Å². The highest BCUT2D eigenvalue weighted by atomic mass is 32.2. The van der Waals surface area contributed by atoms with Crippen LogP contribution < -0.4 is 5.32 Å². The highest BCUT2D eigenvalue weighted by Crippen LogP contribution is 2.32. The Kier molecular flexibility index (Phi) is 6.57. The average Bonchev–Trinajstić information content (AvgIpc) is 2.33. The van der Waals surface area contributed by atoms with Gasteiger partial charge < -0.3 is 5.32 Å². The van der Waals surface area contributed by atoms with Crippen molar-refractivity contribution < 1.29 is 13.2 Å². The fraction of sp³-hybridized carbons (Fsp3) is 0.538. The molecule has 0 spiro atoms. The van der Waals surface area contributed by atoms with Crippen molar-refractivity contribution in [1.82, 2.24) is 5.32 Å². The fourth-order valence-corrected chi connectivity index (χ4v) is 2.18. The summed E-state index contributed by atoms with van der Waals surface area (Å²) in [6.45, 7) is 0.389. The van der Waals surface area contributed by atoms with Gasteiger partial charge in [-0.2, -0.15) is 24.9 Å². The minimum Gasteiger partial charge on any atom is -0.302 e. The lowest BCUT2D eigenvalue weighted by Gasteiger charge is -2.22. The molecule has 1 aromatic rings. The summed E-state index contributed by atoms with van der Waals surface area (Å²) in [4.78, 5) is 0. The molecule has 0 heterocycles. The molecule has 0 aromatic heterocycles. The van der Waals surface area contributed by atoms with E-state index in [-0.39, 0.29) is 5.56 Å². The third kappa shape index (κ3) is 5.31. The summed E-state index contributed by atoms with van der Waals surface area (Å²) in [7, 11) is 0. The van der Waals surface area contributed by atoms with Crippen molar-refractivity contribution in [2.75, 3.05) is 18.6 Å². The lowest BCUT2D eigenvalue weighted by atomic mass is 10.1. The maximum absolute atomic E-state index is 12.9. The number of hydrogen-bond donors (Lipinski definition) is 1. The van der Waals surface area contributed by atoms with Crippen LogP contribution in [-0.4, -0.2) is 24.7 Å². The second-order valence-corrected chi connectivity index (χ2v) is 5.02. The Morgan fingerprint density at radius 2 is 1.83 bits per heavy atom. The van der Waals surface area contributed by atoms with Crippen LogP contribution in [-0.2, 0) is 0 Å². The molecule has 1 nitrogen and oxygen atoms in total. The summed E-state index contributed by atoms with van der Waals surface area (Å²) < 4.78 is 38.7. The van der Waals surface area contributed by atoms with Crippen LogP contribution in [0.1, 0.15) is 24.4 Å². The van der Waals surface area contributed by atoms with Gasteiger partial charge in [-0.05, 0) is 37.0 Å². The van der Waals surface area contributed by atoms with Gasteiger partial charge in [-0.15, -0.1) is 0 Å². The van der Waals surface area contributed by atoms with Crippen molar-refractivity contribution >= 4 is 11.8 Å². The Labute approximate surface area is 110 Å². The summed E-state index contributed by atoms with van der Waals surface area (Å²) in [6.07, 6.45) is -0.551. The lowest BCUT2D eigenvalue weighted by Crippen LogP contribution is -2.34. The van der Waals surface area contributed by atoms with Crippen molar-refractivity contribution in [3.63, 3.8) is 0 Å². The van der Waals surface area contributed by atoms with E-state index in [1.165, 1.54) is 12.1 Å². The standard InChI is InChI=1S/C13H18F3NS/c1-18-10-6-5-9-17-12(13(14,15)16)11-7-3-2-4-8-11/h2-4,7-8,12,17H,5-6,9-10H2,1H3. The largest absolute Gasteiger partial charge is 0.407 e. The lowest BCUT2D eigenvalue weighted by molar-refractivity contribution is -0.157. The number of nitrogens with one attached hydrogen (secondary N) is 1. The maximum atomic E-state index is 12.9. The van der Waals surface area contributed by atoms with E-state index in [1.807, 2.05) is 6.26 Å². The van der Waals surface area contributed by atoms with Crippen LogP contribution in [0.5, 0.6) is 0 Å². The van der Waals surface area contributed by atoms with Gasteiger partial charge in [0.25, 0.3) is 0 Å². The summed E-state index contributed by atoms with van der Waals surface area (Å²) in [6, 6.07) is 6.43. The molecule has 0 aliphatic carbocycles.